The molecule has 1 aliphatic carbocycles. The lowest BCUT2D eigenvalue weighted by Gasteiger charge is -2.34. The fraction of sp³-hybridized carbons (Fsp3) is 0.947. The van der Waals surface area contributed by atoms with E-state index >= 15 is 0 Å². The van der Waals surface area contributed by atoms with Crippen LogP contribution in [0.25, 0.3) is 0 Å². The number of nitrogens with one attached hydrogen (secondary N) is 2. The zero-order valence-electron chi connectivity index (χ0n) is 16.1. The van der Waals surface area contributed by atoms with E-state index in [-0.39, 0.29) is 5.60 Å². The van der Waals surface area contributed by atoms with Crippen molar-refractivity contribution in [3.8, 4) is 0 Å². The number of ether oxygens (including phenoxy) is 3. The zero-order chi connectivity index (χ0) is 17.8. The molecule has 0 bridgehead atoms. The molecule has 0 unspecified atom stereocenters. The molecule has 0 aromatic carbocycles. The summed E-state index contributed by atoms with van der Waals surface area (Å²) in [7, 11) is 1.78. The van der Waals surface area contributed by atoms with Crippen molar-refractivity contribution in [3.05, 3.63) is 0 Å². The Labute approximate surface area is 153 Å². The van der Waals surface area contributed by atoms with Gasteiger partial charge in [0.25, 0.3) is 0 Å². The third-order valence-electron chi connectivity index (χ3n) is 5.23. The van der Waals surface area contributed by atoms with Gasteiger partial charge in [-0.2, -0.15) is 0 Å². The molecule has 0 spiro atoms. The molecule has 2 fully saturated rings. The number of methoxy groups -OCH3 is 1. The Hall–Kier alpha value is -0.850. The predicted molar refractivity (Wildman–Crippen MR) is 101 cm³/mol. The van der Waals surface area contributed by atoms with Crippen LogP contribution < -0.4 is 10.6 Å². The molecule has 0 amide bonds. The van der Waals surface area contributed by atoms with E-state index in [1.54, 1.807) is 7.11 Å². The van der Waals surface area contributed by atoms with Gasteiger partial charge in [-0.3, -0.25) is 4.99 Å². The van der Waals surface area contributed by atoms with Gasteiger partial charge in [-0.1, -0.05) is 19.3 Å². The van der Waals surface area contributed by atoms with Crippen LogP contribution in [0.2, 0.25) is 0 Å². The van der Waals surface area contributed by atoms with E-state index in [1.165, 1.54) is 32.1 Å². The second-order valence-electron chi connectivity index (χ2n) is 7.11. The molecule has 2 N–H and O–H groups in total. The van der Waals surface area contributed by atoms with Crippen LogP contribution in [0, 0.1) is 0 Å². The van der Waals surface area contributed by atoms with Crippen LogP contribution in [0.1, 0.15) is 58.3 Å². The quantitative estimate of drug-likeness (QED) is 0.378. The summed E-state index contributed by atoms with van der Waals surface area (Å²) in [5.74, 6) is 0.864. The third kappa shape index (κ3) is 7.50. The molecule has 2 aliphatic rings. The first-order valence-electron chi connectivity index (χ1n) is 10.0. The van der Waals surface area contributed by atoms with Gasteiger partial charge in [0.1, 0.15) is 0 Å². The van der Waals surface area contributed by atoms with Crippen molar-refractivity contribution < 1.29 is 14.2 Å². The summed E-state index contributed by atoms with van der Waals surface area (Å²) in [6, 6.07) is 0. The maximum absolute atomic E-state index is 5.98. The highest BCUT2D eigenvalue weighted by atomic mass is 16.5. The van der Waals surface area contributed by atoms with Crippen molar-refractivity contribution in [2.45, 2.75) is 70.0 Å². The van der Waals surface area contributed by atoms with Crippen LogP contribution in [0.4, 0.5) is 0 Å². The Bertz CT molecular complexity index is 378. The van der Waals surface area contributed by atoms with Crippen molar-refractivity contribution in [2.24, 2.45) is 4.99 Å². The van der Waals surface area contributed by atoms with Crippen LogP contribution in [0.5, 0.6) is 0 Å². The molecule has 2 rings (SSSR count). The van der Waals surface area contributed by atoms with E-state index in [9.17, 15) is 0 Å². The fourth-order valence-electron chi connectivity index (χ4n) is 3.50. The Morgan fingerprint density at radius 2 is 1.92 bits per heavy atom. The number of rotatable bonds is 9. The van der Waals surface area contributed by atoms with Crippen molar-refractivity contribution in [1.29, 1.82) is 0 Å². The SMILES string of the molecule is CCNC(=NCC1(OC)CCOCC1)NCCCOC1CCCCC1. The molecular formula is C19H37N3O3. The Morgan fingerprint density at radius 1 is 1.16 bits per heavy atom. The smallest absolute Gasteiger partial charge is 0.191 e. The van der Waals surface area contributed by atoms with E-state index in [0.717, 1.165) is 58.1 Å². The number of hydrogen-bond donors (Lipinski definition) is 2. The minimum atomic E-state index is -0.176. The zero-order valence-corrected chi connectivity index (χ0v) is 16.1. The average Bonchev–Trinajstić information content (AvgIpc) is 2.67. The lowest BCUT2D eigenvalue weighted by molar-refractivity contribution is -0.0828. The average molecular weight is 356 g/mol. The second kappa shape index (κ2) is 11.7. The van der Waals surface area contributed by atoms with Gasteiger partial charge in [0.15, 0.2) is 5.96 Å². The number of nitrogens with zero attached hydrogens (tertiary/aromatic N) is 1. The molecule has 1 saturated carbocycles. The van der Waals surface area contributed by atoms with Gasteiger partial charge in [-0.15, -0.1) is 0 Å². The summed E-state index contributed by atoms with van der Waals surface area (Å²) in [6.45, 7) is 6.83. The molecule has 25 heavy (non-hydrogen) atoms. The van der Waals surface area contributed by atoms with E-state index < -0.39 is 0 Å². The van der Waals surface area contributed by atoms with Crippen molar-refractivity contribution in [2.75, 3.05) is 46.6 Å². The Balaban J connectivity index is 1.67. The minimum Gasteiger partial charge on any atom is -0.381 e. The van der Waals surface area contributed by atoms with E-state index in [0.29, 0.717) is 12.6 Å². The van der Waals surface area contributed by atoms with Crippen molar-refractivity contribution >= 4 is 5.96 Å². The molecule has 6 nitrogen and oxygen atoms in total. The number of aliphatic imine (C=N–C) groups is 1. The first-order valence-corrected chi connectivity index (χ1v) is 10.0. The van der Waals surface area contributed by atoms with Crippen LogP contribution in [0.15, 0.2) is 4.99 Å². The van der Waals surface area contributed by atoms with Gasteiger partial charge in [-0.05, 0) is 26.2 Å². The van der Waals surface area contributed by atoms with Gasteiger partial charge in [-0.25, -0.2) is 0 Å². The maximum Gasteiger partial charge on any atom is 0.191 e. The molecule has 1 saturated heterocycles. The standard InChI is InChI=1S/C19H37N3O3/c1-3-20-18(22-16-19(23-2)10-14-24-15-11-19)21-12-7-13-25-17-8-5-4-6-9-17/h17H,3-16H2,1-2H3,(H2,20,21,22). The highest BCUT2D eigenvalue weighted by Gasteiger charge is 2.32. The minimum absolute atomic E-state index is 0.176. The van der Waals surface area contributed by atoms with Crippen molar-refractivity contribution in [1.82, 2.24) is 10.6 Å². The predicted octanol–water partition coefficient (Wildman–Crippen LogP) is 2.48. The van der Waals surface area contributed by atoms with Gasteiger partial charge < -0.3 is 24.8 Å². The molecule has 0 aromatic rings. The van der Waals surface area contributed by atoms with Crippen molar-refractivity contribution in [3.63, 3.8) is 0 Å². The highest BCUT2D eigenvalue weighted by Crippen LogP contribution is 2.24. The maximum atomic E-state index is 5.98. The fourth-order valence-corrected chi connectivity index (χ4v) is 3.50. The monoisotopic (exact) mass is 355 g/mol. The summed E-state index contributed by atoms with van der Waals surface area (Å²) in [5, 5.41) is 6.73. The topological polar surface area (TPSA) is 64.1 Å². The molecule has 146 valence electrons. The molecule has 1 aliphatic heterocycles. The molecular weight excluding hydrogens is 318 g/mol. The Morgan fingerprint density at radius 3 is 2.60 bits per heavy atom. The van der Waals surface area contributed by atoms with Gasteiger partial charge in [0.2, 0.25) is 0 Å². The van der Waals surface area contributed by atoms with Crippen LogP contribution in [-0.2, 0) is 14.2 Å². The summed E-state index contributed by atoms with van der Waals surface area (Å²) < 4.78 is 17.2. The van der Waals surface area contributed by atoms with E-state index in [1.807, 2.05) is 0 Å². The number of hydrogen-bond acceptors (Lipinski definition) is 4. The van der Waals surface area contributed by atoms with Gasteiger partial charge in [0.05, 0.1) is 18.2 Å². The second-order valence-corrected chi connectivity index (χ2v) is 7.11. The van der Waals surface area contributed by atoms with Gasteiger partial charge in [0, 0.05) is 52.9 Å². The molecule has 0 radical (unpaired) electrons. The molecule has 6 heteroatoms. The van der Waals surface area contributed by atoms with Gasteiger partial charge >= 0.3 is 0 Å². The summed E-state index contributed by atoms with van der Waals surface area (Å²) in [5.41, 5.74) is -0.176. The Kier molecular flexibility index (Phi) is 9.58. The van der Waals surface area contributed by atoms with E-state index in [2.05, 4.69) is 17.6 Å². The van der Waals surface area contributed by atoms with Crippen LogP contribution >= 0.6 is 0 Å². The normalized spacial score (nSPS) is 21.9. The third-order valence-corrected chi connectivity index (χ3v) is 5.23. The molecule has 1 heterocycles. The van der Waals surface area contributed by atoms with Crippen LogP contribution in [-0.4, -0.2) is 64.2 Å². The summed E-state index contributed by atoms with van der Waals surface area (Å²) in [6.07, 6.45) is 9.80. The summed E-state index contributed by atoms with van der Waals surface area (Å²) >= 11 is 0. The van der Waals surface area contributed by atoms with E-state index in [4.69, 9.17) is 19.2 Å². The van der Waals surface area contributed by atoms with Crippen LogP contribution in [0.3, 0.4) is 0 Å². The lowest BCUT2D eigenvalue weighted by atomic mass is 9.94. The molecule has 0 aromatic heterocycles. The largest absolute Gasteiger partial charge is 0.381 e. The first kappa shape index (κ1) is 20.5. The number of guanidine groups is 1. The summed E-state index contributed by atoms with van der Waals surface area (Å²) in [4.78, 5) is 4.74. The first-order chi connectivity index (χ1) is 12.3. The lowest BCUT2D eigenvalue weighted by Crippen LogP contribution is -2.44. The highest BCUT2D eigenvalue weighted by molar-refractivity contribution is 5.79. The molecule has 0 atom stereocenters.